The summed E-state index contributed by atoms with van der Waals surface area (Å²) in [5.74, 6) is 0. The topological polar surface area (TPSA) is 46.8 Å². The minimum atomic E-state index is -0.285. The molecule has 1 aromatic heterocycles. The van der Waals surface area contributed by atoms with Crippen LogP contribution in [0.15, 0.2) is 51.7 Å². The first-order valence-corrected chi connectivity index (χ1v) is 8.51. The van der Waals surface area contributed by atoms with Crippen molar-refractivity contribution in [3.05, 3.63) is 80.2 Å². The molecule has 3 aromatic rings. The van der Waals surface area contributed by atoms with E-state index < -0.39 is 0 Å². The Hall–Kier alpha value is -2.10. The van der Waals surface area contributed by atoms with E-state index in [1.807, 2.05) is 25.1 Å². The van der Waals surface area contributed by atoms with Gasteiger partial charge in [0.15, 0.2) is 0 Å². The van der Waals surface area contributed by atoms with Crippen molar-refractivity contribution in [2.75, 3.05) is 6.54 Å². The molecule has 2 N–H and O–H groups in total. The zero-order chi connectivity index (χ0) is 17.1. The van der Waals surface area contributed by atoms with E-state index >= 15 is 0 Å². The summed E-state index contributed by atoms with van der Waals surface area (Å²) in [6.45, 7) is 5.82. The van der Waals surface area contributed by atoms with E-state index in [1.54, 1.807) is 6.07 Å². The normalized spacial score (nSPS) is 11.1. The van der Waals surface area contributed by atoms with Crippen LogP contribution in [0.3, 0.4) is 0 Å². The summed E-state index contributed by atoms with van der Waals surface area (Å²) in [4.78, 5) is 11.8. The van der Waals surface area contributed by atoms with Gasteiger partial charge in [-0.05, 0) is 54.8 Å². The van der Waals surface area contributed by atoms with Crippen LogP contribution >= 0.6 is 11.6 Å². The third-order valence-corrected chi connectivity index (χ3v) is 4.61. The number of aryl methyl sites for hydroxylation is 2. The molecule has 0 amide bonds. The predicted molar refractivity (Wildman–Crippen MR) is 97.6 cm³/mol. The summed E-state index contributed by atoms with van der Waals surface area (Å²) in [5, 5.41) is 4.01. The van der Waals surface area contributed by atoms with Gasteiger partial charge >= 0.3 is 5.63 Å². The molecule has 0 atom stereocenters. The molecule has 0 aliphatic carbocycles. The van der Waals surface area contributed by atoms with Crippen molar-refractivity contribution < 1.29 is 9.73 Å². The molecular weight excluding hydrogens is 322 g/mol. The zero-order valence-corrected chi connectivity index (χ0v) is 14.7. The quantitative estimate of drug-likeness (QED) is 0.571. The van der Waals surface area contributed by atoms with Gasteiger partial charge in [-0.1, -0.05) is 23.7 Å². The lowest BCUT2D eigenvalue weighted by Crippen LogP contribution is -2.83. The smallest absolute Gasteiger partial charge is 0.336 e. The molecule has 1 heterocycles. The fraction of sp³-hybridized carbons (Fsp3) is 0.250. The Morgan fingerprint density at radius 1 is 1.04 bits per heavy atom. The molecule has 0 saturated carbocycles. The summed E-state index contributed by atoms with van der Waals surface area (Å²) in [6.07, 6.45) is 0.967. The highest BCUT2D eigenvalue weighted by molar-refractivity contribution is 6.30. The van der Waals surface area contributed by atoms with Gasteiger partial charge in [0.05, 0.1) is 6.54 Å². The van der Waals surface area contributed by atoms with E-state index in [4.69, 9.17) is 16.0 Å². The predicted octanol–water partition coefficient (Wildman–Crippen LogP) is 3.37. The number of hydrogen-bond acceptors (Lipinski definition) is 2. The van der Waals surface area contributed by atoms with Gasteiger partial charge in [0.1, 0.15) is 12.1 Å². The van der Waals surface area contributed by atoms with Crippen LogP contribution in [0.5, 0.6) is 0 Å². The van der Waals surface area contributed by atoms with Crippen molar-refractivity contribution in [2.45, 2.75) is 26.8 Å². The van der Waals surface area contributed by atoms with Gasteiger partial charge in [-0.2, -0.15) is 0 Å². The van der Waals surface area contributed by atoms with Crippen LogP contribution in [0, 0.1) is 13.8 Å². The van der Waals surface area contributed by atoms with E-state index in [0.29, 0.717) is 5.58 Å². The van der Waals surface area contributed by atoms with E-state index in [0.717, 1.165) is 41.0 Å². The van der Waals surface area contributed by atoms with Gasteiger partial charge in [0.25, 0.3) is 0 Å². The Balaban J connectivity index is 1.71. The van der Waals surface area contributed by atoms with E-state index in [9.17, 15) is 4.79 Å². The summed E-state index contributed by atoms with van der Waals surface area (Å²) < 4.78 is 5.34. The first-order valence-electron chi connectivity index (χ1n) is 8.13. The van der Waals surface area contributed by atoms with E-state index in [1.165, 1.54) is 11.1 Å². The fourth-order valence-electron chi connectivity index (χ4n) is 2.83. The molecule has 0 radical (unpaired) electrons. The van der Waals surface area contributed by atoms with Crippen molar-refractivity contribution in [3.8, 4) is 0 Å². The third-order valence-electron chi connectivity index (χ3n) is 4.36. The van der Waals surface area contributed by atoms with Crippen LogP contribution in [-0.2, 0) is 13.0 Å². The van der Waals surface area contributed by atoms with Crippen LogP contribution < -0.4 is 10.9 Å². The van der Waals surface area contributed by atoms with Crippen molar-refractivity contribution >= 4 is 22.6 Å². The molecule has 0 unspecified atom stereocenters. The number of nitrogens with two attached hydrogens (primary N) is 1. The molecule has 0 aliphatic rings. The van der Waals surface area contributed by atoms with Crippen molar-refractivity contribution in [2.24, 2.45) is 0 Å². The number of halogens is 1. The Morgan fingerprint density at radius 3 is 2.50 bits per heavy atom. The number of quaternary nitrogens is 1. The van der Waals surface area contributed by atoms with Crippen LogP contribution in [0.25, 0.3) is 11.0 Å². The van der Waals surface area contributed by atoms with Crippen LogP contribution in [-0.4, -0.2) is 6.54 Å². The minimum Gasteiger partial charge on any atom is -0.423 e. The Morgan fingerprint density at radius 2 is 1.75 bits per heavy atom. The minimum absolute atomic E-state index is 0.285. The van der Waals surface area contributed by atoms with Gasteiger partial charge in [-0.15, -0.1) is 0 Å². The van der Waals surface area contributed by atoms with Crippen LogP contribution in [0.4, 0.5) is 0 Å². The largest absolute Gasteiger partial charge is 0.423 e. The zero-order valence-electron chi connectivity index (χ0n) is 13.9. The maximum absolute atomic E-state index is 11.8. The van der Waals surface area contributed by atoms with Crippen molar-refractivity contribution in [3.63, 3.8) is 0 Å². The standard InChI is InChI=1S/C20H20ClNO2/c1-13-9-18-16(11-20(23)24-19(18)10-14(13)2)12-22-8-7-15-3-5-17(21)6-4-15/h3-6,9-11,22H,7-8,12H2,1-2H3/p+1. The van der Waals surface area contributed by atoms with Crippen molar-refractivity contribution in [1.29, 1.82) is 0 Å². The lowest BCUT2D eigenvalue weighted by atomic mass is 10.0. The Labute approximate surface area is 146 Å². The molecule has 3 rings (SSSR count). The Bertz CT molecular complexity index is 913. The van der Waals surface area contributed by atoms with Gasteiger partial charge in [0, 0.05) is 28.5 Å². The number of hydrogen-bond donors (Lipinski definition) is 1. The fourth-order valence-corrected chi connectivity index (χ4v) is 2.96. The monoisotopic (exact) mass is 342 g/mol. The van der Waals surface area contributed by atoms with Gasteiger partial charge in [-0.3, -0.25) is 0 Å². The molecule has 2 aromatic carbocycles. The molecule has 0 saturated heterocycles. The molecule has 0 spiro atoms. The van der Waals surface area contributed by atoms with Crippen LogP contribution in [0.2, 0.25) is 5.02 Å². The van der Waals surface area contributed by atoms with Gasteiger partial charge in [-0.25, -0.2) is 4.79 Å². The lowest BCUT2D eigenvalue weighted by Gasteiger charge is -2.08. The molecule has 3 nitrogen and oxygen atoms in total. The summed E-state index contributed by atoms with van der Waals surface area (Å²) >= 11 is 5.90. The highest BCUT2D eigenvalue weighted by Crippen LogP contribution is 2.21. The lowest BCUT2D eigenvalue weighted by molar-refractivity contribution is -0.670. The summed E-state index contributed by atoms with van der Waals surface area (Å²) in [7, 11) is 0. The molecule has 4 heteroatoms. The summed E-state index contributed by atoms with van der Waals surface area (Å²) in [5.41, 5.74) is 5.02. The van der Waals surface area contributed by atoms with Gasteiger partial charge < -0.3 is 9.73 Å². The summed E-state index contributed by atoms with van der Waals surface area (Å²) in [6, 6.07) is 13.6. The van der Waals surface area contributed by atoms with Crippen LogP contribution in [0.1, 0.15) is 22.3 Å². The van der Waals surface area contributed by atoms with Gasteiger partial charge in [0.2, 0.25) is 0 Å². The molecule has 0 bridgehead atoms. The maximum atomic E-state index is 11.8. The first kappa shape index (κ1) is 16.7. The molecular formula is C20H21ClNO2+. The number of rotatable bonds is 5. The van der Waals surface area contributed by atoms with E-state index in [2.05, 4.69) is 30.4 Å². The first-order chi connectivity index (χ1) is 11.5. The molecule has 0 aliphatic heterocycles. The highest BCUT2D eigenvalue weighted by Gasteiger charge is 2.09. The van der Waals surface area contributed by atoms with E-state index in [-0.39, 0.29) is 5.63 Å². The average Bonchev–Trinajstić information content (AvgIpc) is 2.55. The molecule has 0 fully saturated rings. The maximum Gasteiger partial charge on any atom is 0.336 e. The SMILES string of the molecule is Cc1cc2oc(=O)cc(C[NH2+]CCc3ccc(Cl)cc3)c2cc1C. The second kappa shape index (κ2) is 7.20. The second-order valence-electron chi connectivity index (χ2n) is 6.18. The second-order valence-corrected chi connectivity index (χ2v) is 6.62. The number of benzene rings is 2. The average molecular weight is 343 g/mol. The molecule has 124 valence electrons. The van der Waals surface area contributed by atoms with Crippen molar-refractivity contribution in [1.82, 2.24) is 0 Å². The number of fused-ring (bicyclic) bond motifs is 1. The third kappa shape index (κ3) is 3.86. The highest BCUT2D eigenvalue weighted by atomic mass is 35.5. The molecule has 24 heavy (non-hydrogen) atoms. The Kier molecular flexibility index (Phi) is 5.03.